The highest BCUT2D eigenvalue weighted by Crippen LogP contribution is 2.27. The zero-order valence-corrected chi connectivity index (χ0v) is 11.7. The Bertz CT molecular complexity index is 619. The molecule has 1 atom stereocenters. The number of hydrogen-bond acceptors (Lipinski definition) is 4. The molecule has 5 nitrogen and oxygen atoms in total. The van der Waals surface area contributed by atoms with Gasteiger partial charge >= 0.3 is 0 Å². The van der Waals surface area contributed by atoms with Crippen molar-refractivity contribution in [3.05, 3.63) is 29.3 Å². The second-order valence-corrected chi connectivity index (χ2v) is 6.60. The van der Waals surface area contributed by atoms with Gasteiger partial charge in [-0.15, -0.1) is 0 Å². The number of nitrogens with zero attached hydrogens (tertiary/aromatic N) is 2. The molecular weight excluding hydrogens is 262 g/mol. The fraction of sp³-hybridized carbons (Fsp3) is 0.462. The molecule has 6 heteroatoms. The third kappa shape index (κ3) is 2.50. The summed E-state index contributed by atoms with van der Waals surface area (Å²) in [6.07, 6.45) is 1.63. The second kappa shape index (κ2) is 5.29. The highest BCUT2D eigenvalue weighted by atomic mass is 32.2. The van der Waals surface area contributed by atoms with E-state index in [1.807, 2.05) is 6.07 Å². The number of sulfonamides is 1. The predicted octanol–water partition coefficient (Wildman–Crippen LogP) is 0.979. The molecule has 2 N–H and O–H groups in total. The van der Waals surface area contributed by atoms with Gasteiger partial charge in [-0.2, -0.15) is 9.57 Å². The number of hydrogen-bond donors (Lipinski definition) is 1. The van der Waals surface area contributed by atoms with Crippen molar-refractivity contribution >= 4 is 10.0 Å². The maximum Gasteiger partial charge on any atom is 0.243 e. The summed E-state index contributed by atoms with van der Waals surface area (Å²) in [6, 6.07) is 6.58. The Labute approximate surface area is 113 Å². The van der Waals surface area contributed by atoms with E-state index in [4.69, 9.17) is 11.0 Å². The van der Waals surface area contributed by atoms with E-state index < -0.39 is 10.0 Å². The number of nitrogens with two attached hydrogens (primary N) is 1. The summed E-state index contributed by atoms with van der Waals surface area (Å²) in [5.74, 6) is 0. The average Bonchev–Trinajstić information content (AvgIpc) is 2.88. The predicted molar refractivity (Wildman–Crippen MR) is 71.9 cm³/mol. The van der Waals surface area contributed by atoms with Gasteiger partial charge in [0.2, 0.25) is 10.0 Å². The molecule has 1 fully saturated rings. The molecule has 1 aromatic carbocycles. The first-order chi connectivity index (χ1) is 9.00. The summed E-state index contributed by atoms with van der Waals surface area (Å²) < 4.78 is 26.8. The van der Waals surface area contributed by atoms with Crippen LogP contribution in [0.2, 0.25) is 0 Å². The number of benzene rings is 1. The van der Waals surface area contributed by atoms with Gasteiger partial charge in [0.05, 0.1) is 16.5 Å². The fourth-order valence-corrected chi connectivity index (χ4v) is 4.39. The summed E-state index contributed by atoms with van der Waals surface area (Å²) >= 11 is 0. The van der Waals surface area contributed by atoms with Crippen LogP contribution < -0.4 is 5.73 Å². The normalized spacial score (nSPS) is 20.4. The largest absolute Gasteiger partial charge is 0.329 e. The van der Waals surface area contributed by atoms with Crippen LogP contribution in [0, 0.1) is 18.3 Å². The summed E-state index contributed by atoms with van der Waals surface area (Å²) in [7, 11) is -3.56. The molecule has 1 saturated heterocycles. The molecule has 0 spiro atoms. The Morgan fingerprint density at radius 2 is 2.26 bits per heavy atom. The van der Waals surface area contributed by atoms with Crippen LogP contribution in [-0.4, -0.2) is 31.9 Å². The molecule has 0 unspecified atom stereocenters. The van der Waals surface area contributed by atoms with Gasteiger partial charge < -0.3 is 5.73 Å². The maximum absolute atomic E-state index is 12.7. The van der Waals surface area contributed by atoms with Crippen LogP contribution in [0.4, 0.5) is 0 Å². The van der Waals surface area contributed by atoms with Crippen molar-refractivity contribution in [1.29, 1.82) is 5.26 Å². The Balaban J connectivity index is 2.48. The molecule has 0 bridgehead atoms. The van der Waals surface area contributed by atoms with Crippen molar-refractivity contribution in [2.75, 3.05) is 13.1 Å². The molecule has 1 heterocycles. The summed E-state index contributed by atoms with van der Waals surface area (Å²) in [5.41, 5.74) is 6.64. The van der Waals surface area contributed by atoms with E-state index >= 15 is 0 Å². The summed E-state index contributed by atoms with van der Waals surface area (Å²) in [6.45, 7) is 2.57. The third-order valence-electron chi connectivity index (χ3n) is 3.50. The van der Waals surface area contributed by atoms with Gasteiger partial charge in [-0.25, -0.2) is 8.42 Å². The molecule has 1 aliphatic heterocycles. The smallest absolute Gasteiger partial charge is 0.243 e. The van der Waals surface area contributed by atoms with Gasteiger partial charge in [0.15, 0.2) is 0 Å². The minimum Gasteiger partial charge on any atom is -0.329 e. The van der Waals surface area contributed by atoms with Crippen molar-refractivity contribution in [2.45, 2.75) is 30.7 Å². The molecule has 2 rings (SSSR count). The topological polar surface area (TPSA) is 87.2 Å². The van der Waals surface area contributed by atoms with Gasteiger partial charge in [-0.05, 0) is 37.5 Å². The molecule has 0 aromatic heterocycles. The van der Waals surface area contributed by atoms with E-state index in [2.05, 4.69) is 0 Å². The molecule has 0 aliphatic carbocycles. The third-order valence-corrected chi connectivity index (χ3v) is 5.59. The van der Waals surface area contributed by atoms with Gasteiger partial charge in [0.1, 0.15) is 0 Å². The van der Waals surface area contributed by atoms with Crippen LogP contribution in [0.1, 0.15) is 24.0 Å². The van der Waals surface area contributed by atoms with E-state index in [0.29, 0.717) is 24.2 Å². The van der Waals surface area contributed by atoms with E-state index in [0.717, 1.165) is 12.8 Å². The Morgan fingerprint density at radius 3 is 2.89 bits per heavy atom. The van der Waals surface area contributed by atoms with Gasteiger partial charge in [-0.3, -0.25) is 0 Å². The quantitative estimate of drug-likeness (QED) is 0.893. The molecule has 0 saturated carbocycles. The second-order valence-electron chi connectivity index (χ2n) is 4.74. The molecule has 102 valence electrons. The lowest BCUT2D eigenvalue weighted by Crippen LogP contribution is -2.40. The molecule has 0 radical (unpaired) electrons. The van der Waals surface area contributed by atoms with E-state index in [1.54, 1.807) is 19.1 Å². The van der Waals surface area contributed by atoms with Gasteiger partial charge in [-0.1, -0.05) is 6.07 Å². The molecular formula is C13H17N3O2S. The van der Waals surface area contributed by atoms with Crippen LogP contribution >= 0.6 is 0 Å². The van der Waals surface area contributed by atoms with Gasteiger partial charge in [0, 0.05) is 19.1 Å². The maximum atomic E-state index is 12.7. The lowest BCUT2D eigenvalue weighted by molar-refractivity contribution is 0.393. The van der Waals surface area contributed by atoms with Crippen LogP contribution in [0.3, 0.4) is 0 Å². The number of nitriles is 1. The molecule has 0 amide bonds. The Morgan fingerprint density at radius 1 is 1.53 bits per heavy atom. The summed E-state index contributed by atoms with van der Waals surface area (Å²) in [5, 5.41) is 8.90. The number of aryl methyl sites for hydroxylation is 1. The van der Waals surface area contributed by atoms with Gasteiger partial charge in [0.25, 0.3) is 0 Å². The van der Waals surface area contributed by atoms with Crippen LogP contribution in [0.15, 0.2) is 23.1 Å². The highest BCUT2D eigenvalue weighted by molar-refractivity contribution is 7.89. The monoisotopic (exact) mass is 279 g/mol. The summed E-state index contributed by atoms with van der Waals surface area (Å²) in [4.78, 5) is 0.215. The van der Waals surface area contributed by atoms with Crippen molar-refractivity contribution in [3.8, 4) is 6.07 Å². The Kier molecular flexibility index (Phi) is 3.90. The molecule has 19 heavy (non-hydrogen) atoms. The SMILES string of the molecule is Cc1ccc(C#N)cc1S(=O)(=O)N1CCC[C@@H]1CN. The first-order valence-corrected chi connectivity index (χ1v) is 7.67. The first-order valence-electron chi connectivity index (χ1n) is 6.23. The van der Waals surface area contributed by atoms with Crippen LogP contribution in [0.5, 0.6) is 0 Å². The zero-order valence-electron chi connectivity index (χ0n) is 10.8. The van der Waals surface area contributed by atoms with E-state index in [-0.39, 0.29) is 10.9 Å². The first kappa shape index (κ1) is 14.0. The standard InChI is InChI=1S/C13H17N3O2S/c1-10-4-5-11(8-14)7-13(10)19(17,18)16-6-2-3-12(16)9-15/h4-5,7,12H,2-3,6,9,15H2,1H3/t12-/m1/s1. The lowest BCUT2D eigenvalue weighted by Gasteiger charge is -2.23. The van der Waals surface area contributed by atoms with Crippen molar-refractivity contribution in [2.24, 2.45) is 5.73 Å². The Hall–Kier alpha value is -1.42. The highest BCUT2D eigenvalue weighted by Gasteiger charge is 2.35. The zero-order chi connectivity index (χ0) is 14.0. The van der Waals surface area contributed by atoms with E-state index in [1.165, 1.54) is 10.4 Å². The van der Waals surface area contributed by atoms with Crippen LogP contribution in [0.25, 0.3) is 0 Å². The van der Waals surface area contributed by atoms with Crippen LogP contribution in [-0.2, 0) is 10.0 Å². The van der Waals surface area contributed by atoms with Crippen molar-refractivity contribution < 1.29 is 8.42 Å². The van der Waals surface area contributed by atoms with E-state index in [9.17, 15) is 8.42 Å². The number of rotatable bonds is 3. The fourth-order valence-electron chi connectivity index (χ4n) is 2.44. The van der Waals surface area contributed by atoms with Crippen molar-refractivity contribution in [3.63, 3.8) is 0 Å². The molecule has 1 aliphatic rings. The average molecular weight is 279 g/mol. The molecule has 1 aromatic rings. The van der Waals surface area contributed by atoms with Crippen molar-refractivity contribution in [1.82, 2.24) is 4.31 Å². The minimum atomic E-state index is -3.56. The lowest BCUT2D eigenvalue weighted by atomic mass is 10.2. The minimum absolute atomic E-state index is 0.129.